The van der Waals surface area contributed by atoms with Crippen LogP contribution in [0.5, 0.6) is 0 Å². The number of carbonyl (C=O) groups is 4. The first-order valence-electron chi connectivity index (χ1n) is 9.18. The molecule has 0 spiro atoms. The molecule has 2 N–H and O–H groups in total. The van der Waals surface area contributed by atoms with Gasteiger partial charge in [-0.1, -0.05) is 23.9 Å². The minimum Gasteiger partial charge on any atom is -0.463 e. The lowest BCUT2D eigenvalue weighted by molar-refractivity contribution is -0.146. The summed E-state index contributed by atoms with van der Waals surface area (Å²) in [6, 6.07) is 6.82. The van der Waals surface area contributed by atoms with Gasteiger partial charge in [0.1, 0.15) is 6.61 Å². The molecule has 3 heterocycles. The van der Waals surface area contributed by atoms with Crippen LogP contribution >= 0.6 is 11.8 Å². The Bertz CT molecular complexity index is 946. The number of esters is 2. The fourth-order valence-corrected chi connectivity index (χ4v) is 5.00. The number of benzene rings is 1. The number of hydrogen-bond donors (Lipinski definition) is 2. The molecule has 0 saturated carbocycles. The Balaban J connectivity index is 1.55. The third-order valence-corrected chi connectivity index (χ3v) is 6.37. The zero-order valence-corrected chi connectivity index (χ0v) is 16.5. The Morgan fingerprint density at radius 3 is 2.83 bits per heavy atom. The predicted molar refractivity (Wildman–Crippen MR) is 103 cm³/mol. The SMILES string of the molecule is CCOC(=O)C1=C(COC(=O)C23CCC(=O)N2c2ccccc2S3)NC(=O)NC1. The number of para-hydroxylation sites is 1. The first-order valence-corrected chi connectivity index (χ1v) is 10.00. The molecule has 0 aromatic heterocycles. The molecule has 152 valence electrons. The van der Waals surface area contributed by atoms with Crippen molar-refractivity contribution in [2.75, 3.05) is 24.7 Å². The molecular formula is C19H19N3O6S. The maximum absolute atomic E-state index is 13.1. The van der Waals surface area contributed by atoms with Crippen LogP contribution in [-0.2, 0) is 23.9 Å². The fourth-order valence-electron chi connectivity index (χ4n) is 3.59. The van der Waals surface area contributed by atoms with Crippen molar-refractivity contribution in [3.8, 4) is 0 Å². The average Bonchev–Trinajstić information content (AvgIpc) is 3.22. The van der Waals surface area contributed by atoms with E-state index in [1.54, 1.807) is 13.0 Å². The van der Waals surface area contributed by atoms with Crippen LogP contribution in [0.15, 0.2) is 40.4 Å². The van der Waals surface area contributed by atoms with E-state index in [1.807, 2.05) is 18.2 Å². The molecule has 1 saturated heterocycles. The van der Waals surface area contributed by atoms with E-state index in [4.69, 9.17) is 9.47 Å². The van der Waals surface area contributed by atoms with Crippen molar-refractivity contribution >= 4 is 41.3 Å². The maximum Gasteiger partial charge on any atom is 0.343 e. The molecule has 1 unspecified atom stereocenters. The first kappa shape index (κ1) is 19.3. The Labute approximate surface area is 170 Å². The standard InChI is InChI=1S/C19H19N3O6S/c1-2-27-16(24)11-9-20-18(26)21-12(11)10-28-17(25)19-8-7-15(23)22(19)13-5-3-4-6-14(13)29-19/h3-6H,2,7-10H2,1H3,(H2,20,21,26). The van der Waals surface area contributed by atoms with Crippen LogP contribution < -0.4 is 15.5 Å². The smallest absolute Gasteiger partial charge is 0.343 e. The van der Waals surface area contributed by atoms with Crippen molar-refractivity contribution in [1.29, 1.82) is 0 Å². The second-order valence-corrected chi connectivity index (χ2v) is 7.96. The van der Waals surface area contributed by atoms with Gasteiger partial charge in [0, 0.05) is 17.7 Å². The largest absolute Gasteiger partial charge is 0.463 e. The number of nitrogens with zero attached hydrogens (tertiary/aromatic N) is 1. The lowest BCUT2D eigenvalue weighted by Gasteiger charge is -2.29. The Kier molecular flexibility index (Phi) is 4.95. The second-order valence-electron chi connectivity index (χ2n) is 6.64. The molecule has 1 atom stereocenters. The monoisotopic (exact) mass is 417 g/mol. The van der Waals surface area contributed by atoms with Gasteiger partial charge in [0.05, 0.1) is 30.1 Å². The molecule has 3 aliphatic rings. The number of fused-ring (bicyclic) bond motifs is 3. The Hall–Kier alpha value is -3.01. The van der Waals surface area contributed by atoms with Gasteiger partial charge in [0.2, 0.25) is 5.91 Å². The van der Waals surface area contributed by atoms with Crippen LogP contribution in [0.1, 0.15) is 19.8 Å². The molecule has 3 amide bonds. The summed E-state index contributed by atoms with van der Waals surface area (Å²) >= 11 is 1.29. The van der Waals surface area contributed by atoms with Gasteiger partial charge in [0.15, 0.2) is 4.87 Å². The highest BCUT2D eigenvalue weighted by Crippen LogP contribution is 2.56. The molecule has 0 bridgehead atoms. The number of thioether (sulfide) groups is 1. The highest BCUT2D eigenvalue weighted by atomic mass is 32.2. The van der Waals surface area contributed by atoms with Gasteiger partial charge in [0.25, 0.3) is 0 Å². The van der Waals surface area contributed by atoms with E-state index >= 15 is 0 Å². The third-order valence-electron chi connectivity index (χ3n) is 4.92. The first-order chi connectivity index (χ1) is 14.0. The lowest BCUT2D eigenvalue weighted by atomic mass is 10.1. The van der Waals surface area contributed by atoms with E-state index in [1.165, 1.54) is 16.7 Å². The topological polar surface area (TPSA) is 114 Å². The highest BCUT2D eigenvalue weighted by Gasteiger charge is 2.58. The van der Waals surface area contributed by atoms with Gasteiger partial charge >= 0.3 is 18.0 Å². The summed E-state index contributed by atoms with van der Waals surface area (Å²) in [6.45, 7) is 1.53. The summed E-state index contributed by atoms with van der Waals surface area (Å²) in [4.78, 5) is 50.5. The van der Waals surface area contributed by atoms with Gasteiger partial charge < -0.3 is 20.1 Å². The molecule has 1 aromatic rings. The zero-order chi connectivity index (χ0) is 20.6. The number of rotatable bonds is 5. The number of anilines is 1. The van der Waals surface area contributed by atoms with Gasteiger partial charge in [-0.25, -0.2) is 14.4 Å². The fraction of sp³-hybridized carbons (Fsp3) is 0.368. The molecule has 9 nitrogen and oxygen atoms in total. The van der Waals surface area contributed by atoms with Crippen molar-refractivity contribution in [2.45, 2.75) is 29.5 Å². The Morgan fingerprint density at radius 2 is 2.03 bits per heavy atom. The molecule has 3 aliphatic heterocycles. The summed E-state index contributed by atoms with van der Waals surface area (Å²) in [5.41, 5.74) is 1.06. The van der Waals surface area contributed by atoms with E-state index < -0.39 is 22.8 Å². The molecule has 0 radical (unpaired) electrons. The zero-order valence-electron chi connectivity index (χ0n) is 15.6. The summed E-state index contributed by atoms with van der Waals surface area (Å²) in [7, 11) is 0. The maximum atomic E-state index is 13.1. The minimum atomic E-state index is -1.16. The molecule has 29 heavy (non-hydrogen) atoms. The van der Waals surface area contributed by atoms with E-state index in [0.717, 1.165) is 4.90 Å². The van der Waals surface area contributed by atoms with Gasteiger partial charge in [-0.3, -0.25) is 9.69 Å². The molecule has 1 aromatic carbocycles. The molecule has 10 heteroatoms. The van der Waals surface area contributed by atoms with Crippen LogP contribution in [0, 0.1) is 0 Å². The van der Waals surface area contributed by atoms with Crippen molar-refractivity contribution in [2.24, 2.45) is 0 Å². The highest BCUT2D eigenvalue weighted by molar-refractivity contribution is 8.02. The van der Waals surface area contributed by atoms with E-state index in [2.05, 4.69) is 10.6 Å². The second kappa shape index (κ2) is 7.43. The lowest BCUT2D eigenvalue weighted by Crippen LogP contribution is -2.49. The number of carbonyl (C=O) groups excluding carboxylic acids is 4. The molecule has 4 rings (SSSR count). The van der Waals surface area contributed by atoms with Crippen molar-refractivity contribution < 1.29 is 28.7 Å². The summed E-state index contributed by atoms with van der Waals surface area (Å²) in [6.07, 6.45) is 0.565. The van der Waals surface area contributed by atoms with Crippen LogP contribution in [0.4, 0.5) is 10.5 Å². The summed E-state index contributed by atoms with van der Waals surface area (Å²) < 4.78 is 10.5. The third kappa shape index (κ3) is 3.23. The van der Waals surface area contributed by atoms with Crippen LogP contribution in [0.2, 0.25) is 0 Å². The van der Waals surface area contributed by atoms with Crippen molar-refractivity contribution in [3.63, 3.8) is 0 Å². The number of urea groups is 1. The van der Waals surface area contributed by atoms with E-state index in [0.29, 0.717) is 12.1 Å². The van der Waals surface area contributed by atoms with E-state index in [-0.39, 0.29) is 43.4 Å². The number of ether oxygens (including phenoxy) is 2. The van der Waals surface area contributed by atoms with Gasteiger partial charge in [-0.15, -0.1) is 0 Å². The van der Waals surface area contributed by atoms with Gasteiger partial charge in [-0.2, -0.15) is 0 Å². The number of amides is 3. The van der Waals surface area contributed by atoms with Crippen molar-refractivity contribution in [1.82, 2.24) is 10.6 Å². The summed E-state index contributed by atoms with van der Waals surface area (Å²) in [5.74, 6) is -1.32. The normalized spacial score (nSPS) is 22.6. The van der Waals surface area contributed by atoms with Gasteiger partial charge in [-0.05, 0) is 19.1 Å². The number of hydrogen-bond acceptors (Lipinski definition) is 7. The molecule has 1 fully saturated rings. The van der Waals surface area contributed by atoms with Crippen LogP contribution in [-0.4, -0.2) is 48.5 Å². The van der Waals surface area contributed by atoms with E-state index in [9.17, 15) is 19.2 Å². The average molecular weight is 417 g/mol. The minimum absolute atomic E-state index is 0.0203. The quantitative estimate of drug-likeness (QED) is 0.694. The predicted octanol–water partition coefficient (Wildman–Crippen LogP) is 1.29. The van der Waals surface area contributed by atoms with Crippen molar-refractivity contribution in [3.05, 3.63) is 35.5 Å². The summed E-state index contributed by atoms with van der Waals surface area (Å²) in [5, 5.41) is 4.99. The van der Waals surface area contributed by atoms with Crippen LogP contribution in [0.25, 0.3) is 0 Å². The molecule has 0 aliphatic carbocycles. The van der Waals surface area contributed by atoms with Crippen LogP contribution in [0.3, 0.4) is 0 Å². The Morgan fingerprint density at radius 1 is 1.24 bits per heavy atom. The number of nitrogens with one attached hydrogen (secondary N) is 2. The molecular weight excluding hydrogens is 398 g/mol.